The fraction of sp³-hybridized carbons (Fsp3) is 0.364. The van der Waals surface area contributed by atoms with Gasteiger partial charge in [-0.2, -0.15) is 0 Å². The van der Waals surface area contributed by atoms with Gasteiger partial charge in [0.2, 0.25) is 5.91 Å². The average molecular weight is 193 g/mol. The van der Waals surface area contributed by atoms with E-state index in [9.17, 15) is 4.79 Å². The molecule has 1 aromatic carbocycles. The lowest BCUT2D eigenvalue weighted by Crippen LogP contribution is -2.08. The van der Waals surface area contributed by atoms with Gasteiger partial charge in [0, 0.05) is 12.6 Å². The standard InChI is InChI=1S/C11H15NO2/c1-7-5-10(14-4)6-8(2)11(7)12-9(3)13/h5-6H,1-4H3,(H,12,13). The first-order chi connectivity index (χ1) is 6.54. The van der Waals surface area contributed by atoms with Crippen molar-refractivity contribution >= 4 is 11.6 Å². The lowest BCUT2D eigenvalue weighted by Gasteiger charge is -2.11. The van der Waals surface area contributed by atoms with Crippen molar-refractivity contribution in [2.75, 3.05) is 12.4 Å². The molecule has 0 aromatic heterocycles. The second-order valence-corrected chi connectivity index (χ2v) is 3.32. The van der Waals surface area contributed by atoms with E-state index < -0.39 is 0 Å². The smallest absolute Gasteiger partial charge is 0.221 e. The summed E-state index contributed by atoms with van der Waals surface area (Å²) in [5, 5.41) is 2.80. The number of anilines is 1. The number of hydrogen-bond acceptors (Lipinski definition) is 2. The summed E-state index contributed by atoms with van der Waals surface area (Å²) in [7, 11) is 1.63. The predicted octanol–water partition coefficient (Wildman–Crippen LogP) is 2.27. The Morgan fingerprint density at radius 3 is 2.14 bits per heavy atom. The van der Waals surface area contributed by atoms with Crippen LogP contribution in [0, 0.1) is 13.8 Å². The number of aryl methyl sites for hydroxylation is 2. The Morgan fingerprint density at radius 2 is 1.79 bits per heavy atom. The molecule has 0 radical (unpaired) electrons. The number of ether oxygens (including phenoxy) is 1. The third kappa shape index (κ3) is 2.25. The quantitative estimate of drug-likeness (QED) is 0.782. The van der Waals surface area contributed by atoms with Gasteiger partial charge >= 0.3 is 0 Å². The lowest BCUT2D eigenvalue weighted by molar-refractivity contribution is -0.114. The van der Waals surface area contributed by atoms with E-state index in [0.717, 1.165) is 22.6 Å². The molecule has 0 saturated heterocycles. The van der Waals surface area contributed by atoms with E-state index in [1.807, 2.05) is 26.0 Å². The first kappa shape index (κ1) is 10.6. The van der Waals surface area contributed by atoms with Gasteiger partial charge in [0.25, 0.3) is 0 Å². The second-order valence-electron chi connectivity index (χ2n) is 3.32. The third-order valence-corrected chi connectivity index (χ3v) is 2.04. The topological polar surface area (TPSA) is 38.3 Å². The molecule has 0 heterocycles. The van der Waals surface area contributed by atoms with Gasteiger partial charge in [-0.1, -0.05) is 0 Å². The molecule has 0 bridgehead atoms. The molecule has 76 valence electrons. The van der Waals surface area contributed by atoms with Crippen LogP contribution < -0.4 is 10.1 Å². The van der Waals surface area contributed by atoms with Crippen LogP contribution in [-0.2, 0) is 4.79 Å². The molecule has 0 spiro atoms. The van der Waals surface area contributed by atoms with Crippen LogP contribution in [-0.4, -0.2) is 13.0 Å². The molecule has 1 amide bonds. The Labute approximate surface area is 84.1 Å². The molecule has 1 N–H and O–H groups in total. The summed E-state index contributed by atoms with van der Waals surface area (Å²) in [6, 6.07) is 3.80. The Bertz CT molecular complexity index is 335. The molecule has 0 saturated carbocycles. The van der Waals surface area contributed by atoms with E-state index in [1.54, 1.807) is 7.11 Å². The number of benzene rings is 1. The van der Waals surface area contributed by atoms with Crippen LogP contribution >= 0.6 is 0 Å². The van der Waals surface area contributed by atoms with Gasteiger partial charge in [-0.05, 0) is 37.1 Å². The first-order valence-corrected chi connectivity index (χ1v) is 4.47. The minimum absolute atomic E-state index is 0.0543. The molecule has 1 aromatic rings. The van der Waals surface area contributed by atoms with Crippen molar-refractivity contribution in [2.24, 2.45) is 0 Å². The molecular weight excluding hydrogens is 178 g/mol. The van der Waals surface area contributed by atoms with Crippen LogP contribution in [0.3, 0.4) is 0 Å². The van der Waals surface area contributed by atoms with Crippen molar-refractivity contribution in [3.05, 3.63) is 23.3 Å². The van der Waals surface area contributed by atoms with E-state index in [2.05, 4.69) is 5.32 Å². The van der Waals surface area contributed by atoms with Crippen molar-refractivity contribution in [3.63, 3.8) is 0 Å². The highest BCUT2D eigenvalue weighted by Crippen LogP contribution is 2.25. The maximum Gasteiger partial charge on any atom is 0.221 e. The van der Waals surface area contributed by atoms with Crippen LogP contribution in [0.4, 0.5) is 5.69 Å². The van der Waals surface area contributed by atoms with Crippen molar-refractivity contribution in [1.29, 1.82) is 0 Å². The molecule has 3 nitrogen and oxygen atoms in total. The molecule has 0 atom stereocenters. The predicted molar refractivity (Wildman–Crippen MR) is 56.8 cm³/mol. The summed E-state index contributed by atoms with van der Waals surface area (Å²) < 4.78 is 5.12. The van der Waals surface area contributed by atoms with Gasteiger partial charge < -0.3 is 10.1 Å². The van der Waals surface area contributed by atoms with Crippen molar-refractivity contribution in [1.82, 2.24) is 0 Å². The zero-order valence-corrected chi connectivity index (χ0v) is 8.97. The fourth-order valence-corrected chi connectivity index (χ4v) is 1.41. The minimum atomic E-state index is -0.0543. The maximum absolute atomic E-state index is 10.9. The average Bonchev–Trinajstić information content (AvgIpc) is 2.10. The second kappa shape index (κ2) is 4.13. The molecule has 0 fully saturated rings. The number of amides is 1. The highest BCUT2D eigenvalue weighted by atomic mass is 16.5. The van der Waals surface area contributed by atoms with Gasteiger partial charge in [0.1, 0.15) is 5.75 Å². The zero-order chi connectivity index (χ0) is 10.7. The normalized spacial score (nSPS) is 9.71. The molecule has 3 heteroatoms. The number of hydrogen-bond donors (Lipinski definition) is 1. The number of carbonyl (C=O) groups excluding carboxylic acids is 1. The van der Waals surface area contributed by atoms with Gasteiger partial charge in [0.05, 0.1) is 7.11 Å². The van der Waals surface area contributed by atoms with E-state index in [-0.39, 0.29) is 5.91 Å². The summed E-state index contributed by atoms with van der Waals surface area (Å²) in [4.78, 5) is 10.9. The Kier molecular flexibility index (Phi) is 3.12. The van der Waals surface area contributed by atoms with Gasteiger partial charge in [-0.25, -0.2) is 0 Å². The minimum Gasteiger partial charge on any atom is -0.497 e. The summed E-state index contributed by atoms with van der Waals surface area (Å²) in [5.74, 6) is 0.760. The van der Waals surface area contributed by atoms with Crippen LogP contribution in [0.5, 0.6) is 5.75 Å². The Hall–Kier alpha value is -1.51. The lowest BCUT2D eigenvalue weighted by atomic mass is 10.1. The number of rotatable bonds is 2. The monoisotopic (exact) mass is 193 g/mol. The number of nitrogens with one attached hydrogen (secondary N) is 1. The van der Waals surface area contributed by atoms with Gasteiger partial charge in [-0.15, -0.1) is 0 Å². The summed E-state index contributed by atoms with van der Waals surface area (Å²) in [6.45, 7) is 5.39. The number of methoxy groups -OCH3 is 1. The summed E-state index contributed by atoms with van der Waals surface area (Å²) >= 11 is 0. The molecular formula is C11H15NO2. The molecule has 0 unspecified atom stereocenters. The van der Waals surface area contributed by atoms with E-state index in [4.69, 9.17) is 4.74 Å². The van der Waals surface area contributed by atoms with E-state index in [0.29, 0.717) is 0 Å². The maximum atomic E-state index is 10.9. The fourth-order valence-electron chi connectivity index (χ4n) is 1.41. The largest absolute Gasteiger partial charge is 0.497 e. The molecule has 0 aliphatic carbocycles. The van der Waals surface area contributed by atoms with Crippen molar-refractivity contribution in [3.8, 4) is 5.75 Å². The van der Waals surface area contributed by atoms with Gasteiger partial charge in [-0.3, -0.25) is 4.79 Å². The zero-order valence-electron chi connectivity index (χ0n) is 8.97. The van der Waals surface area contributed by atoms with E-state index in [1.165, 1.54) is 6.92 Å². The van der Waals surface area contributed by atoms with Crippen LogP contribution in [0.25, 0.3) is 0 Å². The Balaban J connectivity index is 3.11. The molecule has 14 heavy (non-hydrogen) atoms. The highest BCUT2D eigenvalue weighted by Gasteiger charge is 2.06. The van der Waals surface area contributed by atoms with Crippen LogP contribution in [0.2, 0.25) is 0 Å². The van der Waals surface area contributed by atoms with Crippen LogP contribution in [0.15, 0.2) is 12.1 Å². The number of carbonyl (C=O) groups is 1. The Morgan fingerprint density at radius 1 is 1.29 bits per heavy atom. The molecule has 1 rings (SSSR count). The van der Waals surface area contributed by atoms with Crippen molar-refractivity contribution < 1.29 is 9.53 Å². The van der Waals surface area contributed by atoms with E-state index >= 15 is 0 Å². The van der Waals surface area contributed by atoms with Gasteiger partial charge in [0.15, 0.2) is 0 Å². The molecule has 0 aliphatic rings. The third-order valence-electron chi connectivity index (χ3n) is 2.04. The van der Waals surface area contributed by atoms with Crippen molar-refractivity contribution in [2.45, 2.75) is 20.8 Å². The molecule has 0 aliphatic heterocycles. The SMILES string of the molecule is COc1cc(C)c(NC(C)=O)c(C)c1. The van der Waals surface area contributed by atoms with Crippen LogP contribution in [0.1, 0.15) is 18.1 Å². The summed E-state index contributed by atoms with van der Waals surface area (Å²) in [5.41, 5.74) is 2.90. The highest BCUT2D eigenvalue weighted by molar-refractivity contribution is 5.90. The summed E-state index contributed by atoms with van der Waals surface area (Å²) in [6.07, 6.45) is 0. The first-order valence-electron chi connectivity index (χ1n) is 4.47.